The minimum Gasteiger partial charge on any atom is -0.492 e. The average molecular weight is 260 g/mol. The Morgan fingerprint density at radius 2 is 2.29 bits per heavy atom. The largest absolute Gasteiger partial charge is 0.492 e. The van der Waals surface area contributed by atoms with Crippen molar-refractivity contribution in [3.05, 3.63) is 28.7 Å². The third-order valence-corrected chi connectivity index (χ3v) is 2.25. The molecule has 0 saturated carbocycles. The van der Waals surface area contributed by atoms with E-state index in [1.807, 2.05) is 24.3 Å². The maximum Gasteiger partial charge on any atom is 0.120 e. The average Bonchev–Trinajstić information content (AvgIpc) is 2.15. The maximum absolute atomic E-state index is 8.63. The standard InChI is InChI=1S/C10H14BrNO2/c11-8-2-1-3-10(6-8)14-7-9(12)4-5-13/h1-3,6,9,13H,4-5,7,12H2/t9-/m1/s1. The molecule has 1 aromatic rings. The lowest BCUT2D eigenvalue weighted by Gasteiger charge is -2.11. The van der Waals surface area contributed by atoms with Gasteiger partial charge < -0.3 is 15.6 Å². The molecule has 0 amide bonds. The van der Waals surface area contributed by atoms with Crippen LogP contribution in [-0.4, -0.2) is 24.4 Å². The molecule has 0 saturated heterocycles. The van der Waals surface area contributed by atoms with Crippen LogP contribution >= 0.6 is 15.9 Å². The molecular formula is C10H14BrNO2. The normalized spacial score (nSPS) is 12.5. The molecule has 0 radical (unpaired) electrons. The number of aliphatic hydroxyl groups excluding tert-OH is 1. The molecule has 1 rings (SSSR count). The van der Waals surface area contributed by atoms with Gasteiger partial charge in [0.25, 0.3) is 0 Å². The minimum atomic E-state index is -0.112. The molecule has 3 nitrogen and oxygen atoms in total. The lowest BCUT2D eigenvalue weighted by Crippen LogP contribution is -2.28. The Morgan fingerprint density at radius 3 is 2.93 bits per heavy atom. The van der Waals surface area contributed by atoms with Crippen LogP contribution in [-0.2, 0) is 0 Å². The molecule has 4 heteroatoms. The first kappa shape index (κ1) is 11.5. The molecule has 78 valence electrons. The Morgan fingerprint density at radius 1 is 1.50 bits per heavy atom. The molecule has 14 heavy (non-hydrogen) atoms. The van der Waals surface area contributed by atoms with Crippen molar-refractivity contribution in [1.29, 1.82) is 0 Å². The highest BCUT2D eigenvalue weighted by Crippen LogP contribution is 2.17. The minimum absolute atomic E-state index is 0.100. The Kier molecular flexibility index (Phi) is 4.93. The zero-order valence-electron chi connectivity index (χ0n) is 7.82. The van der Waals surface area contributed by atoms with Crippen molar-refractivity contribution in [3.8, 4) is 5.75 Å². The van der Waals surface area contributed by atoms with Crippen LogP contribution in [0, 0.1) is 0 Å². The van der Waals surface area contributed by atoms with E-state index in [-0.39, 0.29) is 12.6 Å². The van der Waals surface area contributed by atoms with E-state index >= 15 is 0 Å². The quantitative estimate of drug-likeness (QED) is 0.844. The number of benzene rings is 1. The lowest BCUT2D eigenvalue weighted by atomic mass is 10.2. The van der Waals surface area contributed by atoms with Crippen molar-refractivity contribution < 1.29 is 9.84 Å². The van der Waals surface area contributed by atoms with E-state index in [1.165, 1.54) is 0 Å². The molecule has 0 fully saturated rings. The second-order valence-corrected chi connectivity index (χ2v) is 3.96. The first-order valence-corrected chi connectivity index (χ1v) is 5.26. The highest BCUT2D eigenvalue weighted by atomic mass is 79.9. The van der Waals surface area contributed by atoms with Crippen LogP contribution in [0.4, 0.5) is 0 Å². The number of hydrogen-bond donors (Lipinski definition) is 2. The first-order chi connectivity index (χ1) is 6.72. The molecule has 0 aliphatic heterocycles. The van der Waals surface area contributed by atoms with E-state index in [0.717, 1.165) is 10.2 Å². The predicted molar refractivity (Wildman–Crippen MR) is 59.3 cm³/mol. The third-order valence-electron chi connectivity index (χ3n) is 1.76. The van der Waals surface area contributed by atoms with Gasteiger partial charge in [0.15, 0.2) is 0 Å². The SMILES string of the molecule is N[C@H](CCO)COc1cccc(Br)c1. The molecule has 0 aliphatic rings. The Bertz CT molecular complexity index is 281. The van der Waals surface area contributed by atoms with Gasteiger partial charge in [-0.3, -0.25) is 0 Å². The number of rotatable bonds is 5. The summed E-state index contributed by atoms with van der Waals surface area (Å²) in [6, 6.07) is 7.47. The van der Waals surface area contributed by atoms with Crippen LogP contribution in [0.5, 0.6) is 5.75 Å². The molecular weight excluding hydrogens is 246 g/mol. The van der Waals surface area contributed by atoms with Crippen molar-refractivity contribution in [2.24, 2.45) is 5.73 Å². The van der Waals surface area contributed by atoms with Gasteiger partial charge in [0, 0.05) is 17.1 Å². The second-order valence-electron chi connectivity index (χ2n) is 3.04. The Balaban J connectivity index is 2.37. The van der Waals surface area contributed by atoms with Crippen molar-refractivity contribution in [3.63, 3.8) is 0 Å². The number of nitrogens with two attached hydrogens (primary N) is 1. The summed E-state index contributed by atoms with van der Waals surface area (Å²) in [5.41, 5.74) is 5.67. The maximum atomic E-state index is 8.63. The van der Waals surface area contributed by atoms with E-state index in [2.05, 4.69) is 15.9 Å². The van der Waals surface area contributed by atoms with Crippen LogP contribution in [0.2, 0.25) is 0 Å². The van der Waals surface area contributed by atoms with Crippen LogP contribution in [0.1, 0.15) is 6.42 Å². The van der Waals surface area contributed by atoms with Crippen LogP contribution < -0.4 is 10.5 Å². The molecule has 0 spiro atoms. The molecule has 0 aliphatic carbocycles. The lowest BCUT2D eigenvalue weighted by molar-refractivity contribution is 0.233. The van der Waals surface area contributed by atoms with Crippen molar-refractivity contribution in [2.75, 3.05) is 13.2 Å². The summed E-state index contributed by atoms with van der Waals surface area (Å²) in [5.74, 6) is 0.785. The summed E-state index contributed by atoms with van der Waals surface area (Å²) < 4.78 is 6.41. The summed E-state index contributed by atoms with van der Waals surface area (Å²) >= 11 is 3.35. The molecule has 0 bridgehead atoms. The van der Waals surface area contributed by atoms with Crippen molar-refractivity contribution in [2.45, 2.75) is 12.5 Å². The monoisotopic (exact) mass is 259 g/mol. The number of ether oxygens (including phenoxy) is 1. The van der Waals surface area contributed by atoms with E-state index in [9.17, 15) is 0 Å². The van der Waals surface area contributed by atoms with Gasteiger partial charge in [-0.15, -0.1) is 0 Å². The number of aliphatic hydroxyl groups is 1. The van der Waals surface area contributed by atoms with Gasteiger partial charge in [0.1, 0.15) is 12.4 Å². The van der Waals surface area contributed by atoms with Gasteiger partial charge in [0.05, 0.1) is 0 Å². The molecule has 3 N–H and O–H groups in total. The highest BCUT2D eigenvalue weighted by Gasteiger charge is 2.02. The highest BCUT2D eigenvalue weighted by molar-refractivity contribution is 9.10. The summed E-state index contributed by atoms with van der Waals surface area (Å²) in [5, 5.41) is 8.63. The van der Waals surface area contributed by atoms with Gasteiger partial charge in [-0.1, -0.05) is 22.0 Å². The summed E-state index contributed by atoms with van der Waals surface area (Å²) in [4.78, 5) is 0. The zero-order chi connectivity index (χ0) is 10.4. The number of hydrogen-bond acceptors (Lipinski definition) is 3. The zero-order valence-corrected chi connectivity index (χ0v) is 9.40. The van der Waals surface area contributed by atoms with E-state index in [0.29, 0.717) is 13.0 Å². The fourth-order valence-electron chi connectivity index (χ4n) is 1.01. The van der Waals surface area contributed by atoms with Gasteiger partial charge in [0.2, 0.25) is 0 Å². The molecule has 0 heterocycles. The van der Waals surface area contributed by atoms with Crippen LogP contribution in [0.15, 0.2) is 28.7 Å². The second kappa shape index (κ2) is 6.01. The summed E-state index contributed by atoms with van der Waals surface area (Å²) in [7, 11) is 0. The molecule has 0 unspecified atom stereocenters. The van der Waals surface area contributed by atoms with Gasteiger partial charge >= 0.3 is 0 Å². The molecule has 1 atom stereocenters. The Labute approximate surface area is 92.0 Å². The first-order valence-electron chi connectivity index (χ1n) is 4.47. The fourth-order valence-corrected chi connectivity index (χ4v) is 1.39. The topological polar surface area (TPSA) is 55.5 Å². The molecule has 1 aromatic carbocycles. The predicted octanol–water partition coefficient (Wildman–Crippen LogP) is 1.54. The van der Waals surface area contributed by atoms with Crippen molar-refractivity contribution >= 4 is 15.9 Å². The van der Waals surface area contributed by atoms with Gasteiger partial charge in [-0.2, -0.15) is 0 Å². The molecule has 0 aromatic heterocycles. The van der Waals surface area contributed by atoms with E-state index in [4.69, 9.17) is 15.6 Å². The van der Waals surface area contributed by atoms with Gasteiger partial charge in [-0.05, 0) is 24.6 Å². The fraction of sp³-hybridized carbons (Fsp3) is 0.400. The smallest absolute Gasteiger partial charge is 0.120 e. The van der Waals surface area contributed by atoms with E-state index in [1.54, 1.807) is 0 Å². The number of halogens is 1. The Hall–Kier alpha value is -0.580. The summed E-state index contributed by atoms with van der Waals surface area (Å²) in [6.45, 7) is 0.528. The van der Waals surface area contributed by atoms with E-state index < -0.39 is 0 Å². The third kappa shape index (κ3) is 4.09. The van der Waals surface area contributed by atoms with Crippen LogP contribution in [0.3, 0.4) is 0 Å². The van der Waals surface area contributed by atoms with Crippen molar-refractivity contribution in [1.82, 2.24) is 0 Å². The van der Waals surface area contributed by atoms with Gasteiger partial charge in [-0.25, -0.2) is 0 Å². The summed E-state index contributed by atoms with van der Waals surface area (Å²) in [6.07, 6.45) is 0.563. The van der Waals surface area contributed by atoms with Crippen LogP contribution in [0.25, 0.3) is 0 Å².